The topological polar surface area (TPSA) is 46.3 Å². The molecule has 3 nitrogen and oxygen atoms in total. The second-order valence-corrected chi connectivity index (χ2v) is 4.37. The fourth-order valence-electron chi connectivity index (χ4n) is 0.789. The van der Waals surface area contributed by atoms with E-state index in [2.05, 4.69) is 12.6 Å². The number of hydrogen-bond acceptors (Lipinski definition) is 3. The molecule has 0 unspecified atom stereocenters. The van der Waals surface area contributed by atoms with Crippen LogP contribution in [-0.2, 0) is 4.79 Å². The van der Waals surface area contributed by atoms with Gasteiger partial charge in [0.05, 0.1) is 6.54 Å². The largest absolute Gasteiger partial charge is 0.326 e. The summed E-state index contributed by atoms with van der Waals surface area (Å²) >= 11 is 3.69. The van der Waals surface area contributed by atoms with E-state index < -0.39 is 0 Å². The van der Waals surface area contributed by atoms with Crippen LogP contribution in [0.2, 0.25) is 0 Å². The molecule has 72 valence electrons. The first-order valence-electron chi connectivity index (χ1n) is 4.00. The Labute approximate surface area is 79.7 Å². The lowest BCUT2D eigenvalue weighted by Crippen LogP contribution is -2.37. The SMILES string of the molecule is CN(CCC(C)(C)N)CC(=O)S. The summed E-state index contributed by atoms with van der Waals surface area (Å²) in [6, 6.07) is 0. The van der Waals surface area contributed by atoms with Crippen molar-refractivity contribution >= 4 is 17.7 Å². The average Bonchev–Trinajstić information content (AvgIpc) is 1.80. The van der Waals surface area contributed by atoms with Crippen molar-refractivity contribution in [1.29, 1.82) is 0 Å². The molecule has 2 N–H and O–H groups in total. The van der Waals surface area contributed by atoms with E-state index >= 15 is 0 Å². The summed E-state index contributed by atoms with van der Waals surface area (Å²) in [6.07, 6.45) is 0.880. The third-order valence-corrected chi connectivity index (χ3v) is 1.68. The number of nitrogens with two attached hydrogens (primary N) is 1. The number of nitrogens with zero attached hydrogens (tertiary/aromatic N) is 1. The van der Waals surface area contributed by atoms with Crippen molar-refractivity contribution in [2.24, 2.45) is 5.73 Å². The first-order chi connectivity index (χ1) is 5.31. The Morgan fingerprint density at radius 3 is 2.42 bits per heavy atom. The van der Waals surface area contributed by atoms with Crippen molar-refractivity contribution in [3.05, 3.63) is 0 Å². The molecule has 0 aliphatic heterocycles. The lowest BCUT2D eigenvalue weighted by Gasteiger charge is -2.22. The number of thiol groups is 1. The molecule has 0 aromatic carbocycles. The third-order valence-electron chi connectivity index (χ3n) is 1.54. The number of hydrogen-bond donors (Lipinski definition) is 2. The summed E-state index contributed by atoms with van der Waals surface area (Å²) in [5.74, 6) is 0. The maximum absolute atomic E-state index is 10.6. The Hall–Kier alpha value is -0.0600. The van der Waals surface area contributed by atoms with Crippen LogP contribution in [-0.4, -0.2) is 35.7 Å². The Kier molecular flexibility index (Phi) is 4.82. The monoisotopic (exact) mass is 190 g/mol. The number of carbonyl (C=O) groups is 1. The van der Waals surface area contributed by atoms with Gasteiger partial charge in [-0.2, -0.15) is 0 Å². The van der Waals surface area contributed by atoms with E-state index in [9.17, 15) is 4.79 Å². The van der Waals surface area contributed by atoms with E-state index in [0.717, 1.165) is 13.0 Å². The quantitative estimate of drug-likeness (QED) is 0.621. The zero-order valence-electron chi connectivity index (χ0n) is 8.00. The van der Waals surface area contributed by atoms with Crippen LogP contribution in [0, 0.1) is 0 Å². The Morgan fingerprint density at radius 2 is 2.08 bits per heavy atom. The van der Waals surface area contributed by atoms with Crippen LogP contribution in [0.4, 0.5) is 0 Å². The lowest BCUT2D eigenvalue weighted by molar-refractivity contribution is -0.111. The maximum Gasteiger partial charge on any atom is 0.199 e. The van der Waals surface area contributed by atoms with Crippen molar-refractivity contribution in [3.63, 3.8) is 0 Å². The minimum absolute atomic E-state index is 0.104. The molecule has 0 amide bonds. The van der Waals surface area contributed by atoms with E-state index in [0.29, 0.717) is 6.54 Å². The second kappa shape index (κ2) is 4.84. The number of rotatable bonds is 5. The molecule has 0 fully saturated rings. The van der Waals surface area contributed by atoms with E-state index in [-0.39, 0.29) is 10.7 Å². The van der Waals surface area contributed by atoms with Crippen LogP contribution in [0.1, 0.15) is 20.3 Å². The highest BCUT2D eigenvalue weighted by atomic mass is 32.1. The Morgan fingerprint density at radius 1 is 1.58 bits per heavy atom. The van der Waals surface area contributed by atoms with Gasteiger partial charge in [0.2, 0.25) is 0 Å². The van der Waals surface area contributed by atoms with Crippen LogP contribution < -0.4 is 5.73 Å². The van der Waals surface area contributed by atoms with E-state index in [1.54, 1.807) is 0 Å². The molecule has 0 aliphatic rings. The first-order valence-corrected chi connectivity index (χ1v) is 4.45. The molecule has 0 saturated heterocycles. The van der Waals surface area contributed by atoms with Gasteiger partial charge in [-0.15, -0.1) is 12.6 Å². The van der Waals surface area contributed by atoms with E-state index in [1.807, 2.05) is 25.8 Å². The highest BCUT2D eigenvalue weighted by Gasteiger charge is 2.12. The minimum atomic E-state index is -0.159. The van der Waals surface area contributed by atoms with Crippen LogP contribution >= 0.6 is 12.6 Å². The summed E-state index contributed by atoms with van der Waals surface area (Å²) < 4.78 is 0. The van der Waals surface area contributed by atoms with Crippen LogP contribution in [0.5, 0.6) is 0 Å². The van der Waals surface area contributed by atoms with Gasteiger partial charge in [-0.25, -0.2) is 0 Å². The van der Waals surface area contributed by atoms with Gasteiger partial charge in [0.1, 0.15) is 0 Å². The van der Waals surface area contributed by atoms with E-state index in [1.165, 1.54) is 0 Å². The van der Waals surface area contributed by atoms with Gasteiger partial charge in [-0.3, -0.25) is 9.69 Å². The summed E-state index contributed by atoms with van der Waals surface area (Å²) in [4.78, 5) is 12.5. The molecule has 0 rings (SSSR count). The standard InChI is InChI=1S/C8H18N2OS/c1-8(2,9)4-5-10(3)6-7(11)12/h4-6,9H2,1-3H3,(H,11,12). The Bertz CT molecular complexity index is 154. The van der Waals surface area contributed by atoms with Crippen molar-refractivity contribution in [2.45, 2.75) is 25.8 Å². The lowest BCUT2D eigenvalue weighted by atomic mass is 10.0. The van der Waals surface area contributed by atoms with Crippen molar-refractivity contribution in [3.8, 4) is 0 Å². The number of likely N-dealkylation sites (N-methyl/N-ethyl adjacent to an activating group) is 1. The van der Waals surface area contributed by atoms with Gasteiger partial charge in [-0.1, -0.05) is 0 Å². The maximum atomic E-state index is 10.6. The molecule has 0 aromatic heterocycles. The van der Waals surface area contributed by atoms with Crippen molar-refractivity contribution in [2.75, 3.05) is 20.1 Å². The fourth-order valence-corrected chi connectivity index (χ4v) is 1.03. The summed E-state index contributed by atoms with van der Waals surface area (Å²) in [7, 11) is 1.89. The second-order valence-electron chi connectivity index (χ2n) is 3.87. The normalized spacial score (nSPS) is 12.2. The van der Waals surface area contributed by atoms with Gasteiger partial charge in [0.25, 0.3) is 0 Å². The molecule has 0 atom stereocenters. The van der Waals surface area contributed by atoms with Crippen molar-refractivity contribution in [1.82, 2.24) is 4.90 Å². The molecule has 0 saturated carbocycles. The predicted molar refractivity (Wildman–Crippen MR) is 54.4 cm³/mol. The smallest absolute Gasteiger partial charge is 0.199 e. The summed E-state index contributed by atoms with van der Waals surface area (Å²) in [5, 5.41) is -0.104. The van der Waals surface area contributed by atoms with Gasteiger partial charge in [0.15, 0.2) is 5.12 Å². The summed E-state index contributed by atoms with van der Waals surface area (Å²) in [5.41, 5.74) is 5.63. The highest BCUT2D eigenvalue weighted by molar-refractivity contribution is 7.96. The zero-order valence-corrected chi connectivity index (χ0v) is 8.90. The highest BCUT2D eigenvalue weighted by Crippen LogP contribution is 2.04. The minimum Gasteiger partial charge on any atom is -0.326 e. The predicted octanol–water partition coefficient (Wildman–Crippen LogP) is 0.502. The van der Waals surface area contributed by atoms with Gasteiger partial charge in [-0.05, 0) is 27.3 Å². The van der Waals surface area contributed by atoms with Gasteiger partial charge < -0.3 is 5.73 Å². The van der Waals surface area contributed by atoms with Crippen LogP contribution in [0.3, 0.4) is 0 Å². The van der Waals surface area contributed by atoms with E-state index in [4.69, 9.17) is 5.73 Å². The van der Waals surface area contributed by atoms with Crippen LogP contribution in [0.15, 0.2) is 0 Å². The summed E-state index contributed by atoms with van der Waals surface area (Å²) in [6.45, 7) is 5.17. The average molecular weight is 190 g/mol. The molecule has 4 heteroatoms. The van der Waals surface area contributed by atoms with Gasteiger partial charge >= 0.3 is 0 Å². The molecule has 0 radical (unpaired) electrons. The zero-order chi connectivity index (χ0) is 9.78. The van der Waals surface area contributed by atoms with Gasteiger partial charge in [0, 0.05) is 12.1 Å². The molecule has 0 aliphatic carbocycles. The third kappa shape index (κ3) is 8.04. The molecular weight excluding hydrogens is 172 g/mol. The van der Waals surface area contributed by atoms with Crippen LogP contribution in [0.25, 0.3) is 0 Å². The Balaban J connectivity index is 3.57. The fraction of sp³-hybridized carbons (Fsp3) is 0.875. The van der Waals surface area contributed by atoms with Crippen molar-refractivity contribution < 1.29 is 4.79 Å². The molecule has 0 spiro atoms. The molecule has 0 bridgehead atoms. The molecular formula is C8H18N2OS. The molecule has 12 heavy (non-hydrogen) atoms. The molecule has 0 heterocycles. The molecule has 0 aromatic rings. The number of carbonyl (C=O) groups excluding carboxylic acids is 1. The first kappa shape index (κ1) is 11.9.